The van der Waals surface area contributed by atoms with Crippen LogP contribution < -0.4 is 4.90 Å². The fourth-order valence-electron chi connectivity index (χ4n) is 2.04. The van der Waals surface area contributed by atoms with E-state index in [1.165, 1.54) is 0 Å². The van der Waals surface area contributed by atoms with Crippen LogP contribution in [-0.2, 0) is 4.79 Å². The van der Waals surface area contributed by atoms with Gasteiger partial charge in [-0.25, -0.2) is 0 Å². The molecule has 0 aliphatic carbocycles. The summed E-state index contributed by atoms with van der Waals surface area (Å²) in [6, 6.07) is 1.84. The van der Waals surface area contributed by atoms with E-state index in [2.05, 4.69) is 9.88 Å². The molecule has 1 amide bonds. The van der Waals surface area contributed by atoms with Crippen molar-refractivity contribution in [1.29, 1.82) is 0 Å². The summed E-state index contributed by atoms with van der Waals surface area (Å²) in [5.74, 6) is 0.106. The second kappa shape index (κ2) is 4.95. The third-order valence-electron chi connectivity index (χ3n) is 3.02. The minimum Gasteiger partial charge on any atom is -0.367 e. The molecule has 0 saturated carbocycles. The zero-order chi connectivity index (χ0) is 12.3. The van der Waals surface area contributed by atoms with Crippen LogP contribution in [0.4, 0.5) is 5.69 Å². The molecule has 0 aromatic carbocycles. The van der Waals surface area contributed by atoms with E-state index in [4.69, 9.17) is 0 Å². The average molecular weight is 233 g/mol. The van der Waals surface area contributed by atoms with Crippen LogP contribution in [0.2, 0.25) is 0 Å². The van der Waals surface area contributed by atoms with E-state index in [1.54, 1.807) is 19.3 Å². The Morgan fingerprint density at radius 2 is 2.06 bits per heavy atom. The van der Waals surface area contributed by atoms with Crippen LogP contribution in [0, 0.1) is 0 Å². The molecule has 2 rings (SSSR count). The fourth-order valence-corrected chi connectivity index (χ4v) is 2.04. The Balaban J connectivity index is 2.10. The van der Waals surface area contributed by atoms with Crippen molar-refractivity contribution in [1.82, 2.24) is 9.88 Å². The Labute approximate surface area is 100 Å². The molecule has 0 radical (unpaired) electrons. The zero-order valence-corrected chi connectivity index (χ0v) is 9.80. The van der Waals surface area contributed by atoms with Gasteiger partial charge in [-0.2, -0.15) is 0 Å². The van der Waals surface area contributed by atoms with Crippen molar-refractivity contribution >= 4 is 17.9 Å². The maximum absolute atomic E-state index is 11.2. The van der Waals surface area contributed by atoms with E-state index < -0.39 is 0 Å². The Hall–Kier alpha value is -1.91. The number of carbonyl (C=O) groups excluding carboxylic acids is 2. The topological polar surface area (TPSA) is 53.5 Å². The van der Waals surface area contributed by atoms with Gasteiger partial charge in [0.05, 0.1) is 11.3 Å². The second-order valence-electron chi connectivity index (χ2n) is 4.05. The van der Waals surface area contributed by atoms with Crippen LogP contribution in [0.25, 0.3) is 0 Å². The summed E-state index contributed by atoms with van der Waals surface area (Å²) in [7, 11) is 0. The summed E-state index contributed by atoms with van der Waals surface area (Å²) >= 11 is 0. The summed E-state index contributed by atoms with van der Waals surface area (Å²) in [6.07, 6.45) is 4.07. The normalized spacial score (nSPS) is 15.8. The number of pyridine rings is 1. The number of anilines is 1. The van der Waals surface area contributed by atoms with Crippen molar-refractivity contribution in [3.05, 3.63) is 24.0 Å². The van der Waals surface area contributed by atoms with Crippen molar-refractivity contribution < 1.29 is 9.59 Å². The first-order valence-electron chi connectivity index (χ1n) is 5.62. The maximum atomic E-state index is 11.2. The van der Waals surface area contributed by atoms with Gasteiger partial charge in [-0.3, -0.25) is 14.6 Å². The predicted octanol–water partition coefficient (Wildman–Crippen LogP) is 0.563. The number of hydrogen-bond donors (Lipinski definition) is 0. The predicted molar refractivity (Wildman–Crippen MR) is 64.1 cm³/mol. The van der Waals surface area contributed by atoms with Crippen LogP contribution in [0.1, 0.15) is 17.3 Å². The first kappa shape index (κ1) is 11.6. The summed E-state index contributed by atoms with van der Waals surface area (Å²) in [6.45, 7) is 4.50. The van der Waals surface area contributed by atoms with Gasteiger partial charge >= 0.3 is 0 Å². The number of aromatic nitrogens is 1. The van der Waals surface area contributed by atoms with Crippen LogP contribution in [0.5, 0.6) is 0 Å². The number of rotatable bonds is 2. The van der Waals surface area contributed by atoms with Crippen molar-refractivity contribution in [3.63, 3.8) is 0 Å². The van der Waals surface area contributed by atoms with Gasteiger partial charge in [-0.05, 0) is 6.07 Å². The number of carbonyl (C=O) groups is 2. The van der Waals surface area contributed by atoms with Gasteiger partial charge in [0.2, 0.25) is 5.91 Å². The SMILES string of the molecule is CC(=O)N1CCN(c2ccncc2C=O)CC1. The number of nitrogens with zero attached hydrogens (tertiary/aromatic N) is 3. The fraction of sp³-hybridized carbons (Fsp3) is 0.417. The first-order chi connectivity index (χ1) is 8.22. The molecule has 17 heavy (non-hydrogen) atoms. The highest BCUT2D eigenvalue weighted by atomic mass is 16.2. The Kier molecular flexibility index (Phi) is 3.37. The lowest BCUT2D eigenvalue weighted by atomic mass is 10.2. The molecule has 2 heterocycles. The molecule has 1 aliphatic rings. The van der Waals surface area contributed by atoms with Crippen LogP contribution in [0.3, 0.4) is 0 Å². The number of amides is 1. The lowest BCUT2D eigenvalue weighted by Gasteiger charge is -2.36. The minimum atomic E-state index is 0.106. The maximum Gasteiger partial charge on any atom is 0.219 e. The van der Waals surface area contributed by atoms with E-state index in [-0.39, 0.29) is 5.91 Å². The molecular weight excluding hydrogens is 218 g/mol. The molecule has 0 spiro atoms. The molecule has 0 unspecified atom stereocenters. The monoisotopic (exact) mass is 233 g/mol. The van der Waals surface area contributed by atoms with Gasteiger partial charge < -0.3 is 9.80 Å². The summed E-state index contributed by atoms with van der Waals surface area (Å²) < 4.78 is 0. The van der Waals surface area contributed by atoms with Gasteiger partial charge in [0.25, 0.3) is 0 Å². The minimum absolute atomic E-state index is 0.106. The van der Waals surface area contributed by atoms with Crippen molar-refractivity contribution in [3.8, 4) is 0 Å². The molecule has 1 fully saturated rings. The van der Waals surface area contributed by atoms with Crippen molar-refractivity contribution in [2.45, 2.75) is 6.92 Å². The number of aldehydes is 1. The molecule has 0 N–H and O–H groups in total. The lowest BCUT2D eigenvalue weighted by Crippen LogP contribution is -2.48. The largest absolute Gasteiger partial charge is 0.367 e. The Morgan fingerprint density at radius 3 is 2.65 bits per heavy atom. The van der Waals surface area contributed by atoms with E-state index in [0.717, 1.165) is 25.1 Å². The molecule has 1 saturated heterocycles. The quantitative estimate of drug-likeness (QED) is 0.700. The third-order valence-corrected chi connectivity index (χ3v) is 3.02. The molecule has 1 aromatic rings. The smallest absolute Gasteiger partial charge is 0.219 e. The van der Waals surface area contributed by atoms with Gasteiger partial charge in [0.15, 0.2) is 6.29 Å². The molecule has 90 valence electrons. The van der Waals surface area contributed by atoms with E-state index >= 15 is 0 Å². The summed E-state index contributed by atoms with van der Waals surface area (Å²) in [5, 5.41) is 0. The van der Waals surface area contributed by atoms with Crippen LogP contribution in [0.15, 0.2) is 18.5 Å². The zero-order valence-electron chi connectivity index (χ0n) is 9.80. The van der Waals surface area contributed by atoms with E-state index in [0.29, 0.717) is 18.7 Å². The highest BCUT2D eigenvalue weighted by Crippen LogP contribution is 2.19. The van der Waals surface area contributed by atoms with Crippen molar-refractivity contribution in [2.75, 3.05) is 31.1 Å². The van der Waals surface area contributed by atoms with Gasteiger partial charge in [0.1, 0.15) is 0 Å². The molecule has 1 aromatic heterocycles. The van der Waals surface area contributed by atoms with E-state index in [1.807, 2.05) is 11.0 Å². The number of piperazine rings is 1. The molecule has 5 nitrogen and oxygen atoms in total. The second-order valence-corrected chi connectivity index (χ2v) is 4.05. The van der Waals surface area contributed by atoms with Gasteiger partial charge in [-0.15, -0.1) is 0 Å². The van der Waals surface area contributed by atoms with Crippen LogP contribution in [-0.4, -0.2) is 48.3 Å². The molecule has 0 bridgehead atoms. The highest BCUT2D eigenvalue weighted by molar-refractivity contribution is 5.84. The Bertz CT molecular complexity index is 426. The summed E-state index contributed by atoms with van der Waals surface area (Å²) in [4.78, 5) is 30.0. The lowest BCUT2D eigenvalue weighted by molar-refractivity contribution is -0.129. The molecule has 1 aliphatic heterocycles. The molecule has 5 heteroatoms. The van der Waals surface area contributed by atoms with Crippen LogP contribution >= 0.6 is 0 Å². The van der Waals surface area contributed by atoms with Gasteiger partial charge in [-0.1, -0.05) is 0 Å². The molecular formula is C12H15N3O2. The first-order valence-corrected chi connectivity index (χ1v) is 5.62. The third kappa shape index (κ3) is 2.43. The Morgan fingerprint density at radius 1 is 1.35 bits per heavy atom. The average Bonchev–Trinajstić information content (AvgIpc) is 2.39. The standard InChI is InChI=1S/C12H15N3O2/c1-10(17)14-4-6-15(7-5-14)12-2-3-13-8-11(12)9-16/h2-3,8-9H,4-7H2,1H3. The van der Waals surface area contributed by atoms with E-state index in [9.17, 15) is 9.59 Å². The number of hydrogen-bond acceptors (Lipinski definition) is 4. The highest BCUT2D eigenvalue weighted by Gasteiger charge is 2.20. The molecule has 0 atom stereocenters. The van der Waals surface area contributed by atoms with Crippen molar-refractivity contribution in [2.24, 2.45) is 0 Å². The summed E-state index contributed by atoms with van der Waals surface area (Å²) in [5.41, 5.74) is 1.50. The van der Waals surface area contributed by atoms with Gasteiger partial charge in [0, 0.05) is 45.5 Å².